The van der Waals surface area contributed by atoms with Crippen molar-refractivity contribution in [3.8, 4) is 0 Å². The topological polar surface area (TPSA) is 66.4 Å². The summed E-state index contributed by atoms with van der Waals surface area (Å²) in [5, 5.41) is 13.1. The maximum Gasteiger partial charge on any atom is 0.311 e. The summed E-state index contributed by atoms with van der Waals surface area (Å²) in [6, 6.07) is 15.6. The molecule has 0 heterocycles. The molecule has 2 N–H and O–H groups in total. The van der Waals surface area contributed by atoms with E-state index in [4.69, 9.17) is 11.6 Å². The van der Waals surface area contributed by atoms with Crippen LogP contribution in [-0.4, -0.2) is 17.0 Å². The Morgan fingerprint density at radius 2 is 1.58 bits per heavy atom. The van der Waals surface area contributed by atoms with Crippen molar-refractivity contribution in [2.75, 3.05) is 5.32 Å². The molecule has 126 valence electrons. The number of nitrogens with one attached hydrogen (secondary N) is 1. The van der Waals surface area contributed by atoms with E-state index in [1.807, 2.05) is 32.0 Å². The summed E-state index contributed by atoms with van der Waals surface area (Å²) in [4.78, 5) is 24.6. The zero-order valence-electron chi connectivity index (χ0n) is 13.6. The van der Waals surface area contributed by atoms with Crippen LogP contribution >= 0.6 is 11.6 Å². The van der Waals surface area contributed by atoms with E-state index in [1.165, 1.54) is 0 Å². The lowest BCUT2D eigenvalue weighted by molar-refractivity contribution is -0.143. The molecule has 0 aliphatic rings. The molecule has 5 heteroatoms. The van der Waals surface area contributed by atoms with E-state index in [9.17, 15) is 14.7 Å². The highest BCUT2D eigenvalue weighted by Gasteiger charge is 2.37. The van der Waals surface area contributed by atoms with Gasteiger partial charge in [0.1, 0.15) is 0 Å². The number of para-hydroxylation sites is 1. The summed E-state index contributed by atoms with van der Waals surface area (Å²) < 4.78 is 0. The molecule has 2 aromatic carbocycles. The van der Waals surface area contributed by atoms with E-state index in [-0.39, 0.29) is 11.8 Å². The number of anilines is 1. The molecule has 0 saturated heterocycles. The van der Waals surface area contributed by atoms with Crippen molar-refractivity contribution < 1.29 is 14.7 Å². The van der Waals surface area contributed by atoms with Crippen LogP contribution in [0.15, 0.2) is 54.6 Å². The Morgan fingerprint density at radius 3 is 2.08 bits per heavy atom. The fraction of sp³-hybridized carbons (Fsp3) is 0.263. The maximum absolute atomic E-state index is 12.7. The Morgan fingerprint density at radius 1 is 1.00 bits per heavy atom. The average molecular weight is 346 g/mol. The van der Waals surface area contributed by atoms with Crippen molar-refractivity contribution >= 4 is 29.2 Å². The molecular weight excluding hydrogens is 326 g/mol. The second-order valence-corrected chi connectivity index (χ2v) is 6.43. The van der Waals surface area contributed by atoms with Gasteiger partial charge in [-0.15, -0.1) is 0 Å². The van der Waals surface area contributed by atoms with E-state index in [0.717, 1.165) is 0 Å². The number of halogens is 1. The number of hydrogen-bond donors (Lipinski definition) is 2. The molecule has 0 saturated carbocycles. The standard InChI is InChI=1S/C19H20ClNO3/c1-12(2)16(18(22)21-15-6-4-3-5-7-15)17(19(23)24)13-8-10-14(20)11-9-13/h3-12,16-17H,1-2H3,(H,21,22)(H,23,24). The van der Waals surface area contributed by atoms with Crippen LogP contribution in [0.1, 0.15) is 25.3 Å². The third kappa shape index (κ3) is 4.36. The van der Waals surface area contributed by atoms with Gasteiger partial charge >= 0.3 is 5.97 Å². The van der Waals surface area contributed by atoms with Crippen LogP contribution < -0.4 is 5.32 Å². The number of benzene rings is 2. The largest absolute Gasteiger partial charge is 0.481 e. The Hall–Kier alpha value is -2.33. The number of carbonyl (C=O) groups is 2. The van der Waals surface area contributed by atoms with Crippen LogP contribution in [0.5, 0.6) is 0 Å². The molecule has 2 atom stereocenters. The molecule has 2 unspecified atom stereocenters. The lowest BCUT2D eigenvalue weighted by Gasteiger charge is -2.27. The molecule has 4 nitrogen and oxygen atoms in total. The smallest absolute Gasteiger partial charge is 0.311 e. The van der Waals surface area contributed by atoms with Gasteiger partial charge in [0.2, 0.25) is 5.91 Å². The van der Waals surface area contributed by atoms with Crippen LogP contribution in [0.25, 0.3) is 0 Å². The molecule has 0 spiro atoms. The van der Waals surface area contributed by atoms with E-state index in [0.29, 0.717) is 16.3 Å². The maximum atomic E-state index is 12.7. The number of aliphatic carboxylic acids is 1. The second kappa shape index (κ2) is 7.97. The molecule has 0 radical (unpaired) electrons. The lowest BCUT2D eigenvalue weighted by Crippen LogP contribution is -2.35. The first-order chi connectivity index (χ1) is 11.4. The molecule has 2 aromatic rings. The summed E-state index contributed by atoms with van der Waals surface area (Å²) in [6.07, 6.45) is 0. The van der Waals surface area contributed by atoms with Gasteiger partial charge in [0, 0.05) is 10.7 Å². The molecule has 0 aromatic heterocycles. The Kier molecular flexibility index (Phi) is 5.99. The predicted molar refractivity (Wildman–Crippen MR) is 95.2 cm³/mol. The number of amides is 1. The van der Waals surface area contributed by atoms with E-state index in [2.05, 4.69) is 5.32 Å². The SMILES string of the molecule is CC(C)C(C(=O)Nc1ccccc1)C(C(=O)O)c1ccc(Cl)cc1. The number of carboxylic acid groups (broad SMARTS) is 1. The highest BCUT2D eigenvalue weighted by Crippen LogP contribution is 2.32. The number of hydrogen-bond acceptors (Lipinski definition) is 2. The fourth-order valence-corrected chi connectivity index (χ4v) is 2.89. The monoisotopic (exact) mass is 345 g/mol. The van der Waals surface area contributed by atoms with Crippen molar-refractivity contribution in [3.63, 3.8) is 0 Å². The summed E-state index contributed by atoms with van der Waals surface area (Å²) in [5.41, 5.74) is 1.21. The Balaban J connectivity index is 2.33. The minimum Gasteiger partial charge on any atom is -0.481 e. The van der Waals surface area contributed by atoms with Gasteiger partial charge in [-0.25, -0.2) is 0 Å². The van der Waals surface area contributed by atoms with Gasteiger partial charge in [0.05, 0.1) is 11.8 Å². The average Bonchev–Trinajstić information content (AvgIpc) is 2.53. The van der Waals surface area contributed by atoms with Crippen LogP contribution in [0.2, 0.25) is 5.02 Å². The van der Waals surface area contributed by atoms with Crippen LogP contribution in [0.4, 0.5) is 5.69 Å². The van der Waals surface area contributed by atoms with E-state index >= 15 is 0 Å². The summed E-state index contributed by atoms with van der Waals surface area (Å²) in [7, 11) is 0. The normalized spacial score (nSPS) is 13.3. The van der Waals surface area contributed by atoms with Crippen LogP contribution in [0.3, 0.4) is 0 Å². The van der Waals surface area contributed by atoms with Crippen molar-refractivity contribution in [1.29, 1.82) is 0 Å². The van der Waals surface area contributed by atoms with Crippen molar-refractivity contribution in [2.24, 2.45) is 11.8 Å². The number of rotatable bonds is 6. The molecule has 0 fully saturated rings. The first-order valence-electron chi connectivity index (χ1n) is 7.74. The molecule has 0 aliphatic carbocycles. The van der Waals surface area contributed by atoms with Gasteiger partial charge in [0.15, 0.2) is 0 Å². The fourth-order valence-electron chi connectivity index (χ4n) is 2.76. The van der Waals surface area contributed by atoms with Crippen molar-refractivity contribution in [3.05, 3.63) is 65.2 Å². The number of carboxylic acids is 1. The van der Waals surface area contributed by atoms with Crippen LogP contribution in [-0.2, 0) is 9.59 Å². The second-order valence-electron chi connectivity index (χ2n) is 5.99. The van der Waals surface area contributed by atoms with Crippen LogP contribution in [0, 0.1) is 11.8 Å². The molecule has 0 bridgehead atoms. The highest BCUT2D eigenvalue weighted by molar-refractivity contribution is 6.30. The Labute approximate surface area is 146 Å². The Bertz CT molecular complexity index is 698. The van der Waals surface area contributed by atoms with Gasteiger partial charge in [0.25, 0.3) is 0 Å². The van der Waals surface area contributed by atoms with Crippen molar-refractivity contribution in [2.45, 2.75) is 19.8 Å². The lowest BCUT2D eigenvalue weighted by atomic mass is 9.78. The summed E-state index contributed by atoms with van der Waals surface area (Å²) >= 11 is 5.88. The summed E-state index contributed by atoms with van der Waals surface area (Å²) in [5.74, 6) is -3.13. The van der Waals surface area contributed by atoms with Gasteiger partial charge in [-0.05, 0) is 35.7 Å². The zero-order chi connectivity index (χ0) is 17.7. The van der Waals surface area contributed by atoms with Gasteiger partial charge < -0.3 is 10.4 Å². The predicted octanol–water partition coefficient (Wildman–Crippen LogP) is 4.42. The van der Waals surface area contributed by atoms with Gasteiger partial charge in [-0.1, -0.05) is 55.8 Å². The molecule has 0 aliphatic heterocycles. The highest BCUT2D eigenvalue weighted by atomic mass is 35.5. The first-order valence-corrected chi connectivity index (χ1v) is 8.12. The van der Waals surface area contributed by atoms with Crippen molar-refractivity contribution in [1.82, 2.24) is 0 Å². The number of carbonyl (C=O) groups excluding carboxylic acids is 1. The first kappa shape index (κ1) is 18.0. The zero-order valence-corrected chi connectivity index (χ0v) is 14.3. The van der Waals surface area contributed by atoms with Gasteiger partial charge in [-0.3, -0.25) is 9.59 Å². The molecule has 2 rings (SSSR count). The summed E-state index contributed by atoms with van der Waals surface area (Å²) in [6.45, 7) is 3.70. The third-order valence-electron chi connectivity index (χ3n) is 3.92. The van der Waals surface area contributed by atoms with E-state index < -0.39 is 17.8 Å². The minimum atomic E-state index is -1.03. The minimum absolute atomic E-state index is 0.148. The third-order valence-corrected chi connectivity index (χ3v) is 4.17. The quantitative estimate of drug-likeness (QED) is 0.814. The van der Waals surface area contributed by atoms with Gasteiger partial charge in [-0.2, -0.15) is 0 Å². The molecule has 1 amide bonds. The van der Waals surface area contributed by atoms with E-state index in [1.54, 1.807) is 36.4 Å². The molecule has 24 heavy (non-hydrogen) atoms. The molecular formula is C19H20ClNO3.